The van der Waals surface area contributed by atoms with Gasteiger partial charge in [-0.2, -0.15) is 5.10 Å². The summed E-state index contributed by atoms with van der Waals surface area (Å²) in [6, 6.07) is 3.48. The third-order valence-corrected chi connectivity index (χ3v) is 4.89. The molecule has 0 radical (unpaired) electrons. The molecule has 0 saturated heterocycles. The fraction of sp³-hybridized carbons (Fsp3) is 0.571. The number of rotatable bonds is 10. The van der Waals surface area contributed by atoms with Gasteiger partial charge in [0.05, 0.1) is 12.7 Å². The summed E-state index contributed by atoms with van der Waals surface area (Å²) in [7, 11) is 0. The summed E-state index contributed by atoms with van der Waals surface area (Å²) in [5, 5.41) is 28.3. The van der Waals surface area contributed by atoms with Gasteiger partial charge >= 0.3 is 0 Å². The van der Waals surface area contributed by atoms with Gasteiger partial charge in [0.15, 0.2) is 5.69 Å². The Labute approximate surface area is 180 Å². The number of fused-ring (bicyclic) bond motifs is 1. The monoisotopic (exact) mass is 437 g/mol. The number of hydrogen-bond acceptors (Lipinski definition) is 6. The first-order chi connectivity index (χ1) is 14.6. The molecule has 0 aliphatic rings. The van der Waals surface area contributed by atoms with Crippen molar-refractivity contribution in [1.29, 1.82) is 0 Å². The number of benzene rings is 1. The zero-order valence-electron chi connectivity index (χ0n) is 18.2. The minimum absolute atomic E-state index is 0.0275. The van der Waals surface area contributed by atoms with Crippen LogP contribution in [0, 0.1) is 11.2 Å². The van der Waals surface area contributed by atoms with Crippen molar-refractivity contribution in [3.8, 4) is 0 Å². The lowest BCUT2D eigenvalue weighted by atomic mass is 9.86. The molecule has 0 aliphatic heterocycles. The van der Waals surface area contributed by atoms with E-state index in [0.29, 0.717) is 24.9 Å². The Kier molecular flexibility index (Phi) is 8.49. The number of hydrogen-bond donors (Lipinski definition) is 5. The lowest BCUT2D eigenvalue weighted by molar-refractivity contribution is -0.125. The molecular weight excluding hydrogens is 405 g/mol. The van der Waals surface area contributed by atoms with Crippen LogP contribution < -0.4 is 16.4 Å². The zero-order chi connectivity index (χ0) is 23.2. The highest BCUT2D eigenvalue weighted by Crippen LogP contribution is 2.24. The number of aliphatic hydroxyl groups excluding tert-OH is 2. The number of aliphatic hydroxyl groups is 2. The van der Waals surface area contributed by atoms with Crippen LogP contribution in [0.2, 0.25) is 0 Å². The van der Waals surface area contributed by atoms with Crippen LogP contribution in [-0.4, -0.2) is 63.7 Å². The fourth-order valence-corrected chi connectivity index (χ4v) is 3.19. The molecule has 31 heavy (non-hydrogen) atoms. The minimum Gasteiger partial charge on any atom is -0.394 e. The van der Waals surface area contributed by atoms with Gasteiger partial charge in [-0.1, -0.05) is 32.9 Å². The Morgan fingerprint density at radius 2 is 2.00 bits per heavy atom. The molecule has 1 heterocycles. The van der Waals surface area contributed by atoms with Gasteiger partial charge < -0.3 is 26.6 Å². The van der Waals surface area contributed by atoms with Crippen LogP contribution in [0.4, 0.5) is 4.39 Å². The number of carbonyl (C=O) groups is 2. The number of aromatic nitrogens is 2. The van der Waals surface area contributed by atoms with E-state index in [1.165, 1.54) is 16.8 Å². The number of para-hydroxylation sites is 1. The number of amides is 2. The molecule has 1 unspecified atom stereocenters. The summed E-state index contributed by atoms with van der Waals surface area (Å²) in [5.41, 5.74) is 5.13. The number of nitrogens with zero attached hydrogens (tertiary/aromatic N) is 2. The van der Waals surface area contributed by atoms with Crippen LogP contribution >= 0.6 is 0 Å². The number of nitrogens with one attached hydrogen (secondary N) is 2. The molecule has 0 spiro atoms. The maximum atomic E-state index is 14.5. The highest BCUT2D eigenvalue weighted by Gasteiger charge is 2.34. The van der Waals surface area contributed by atoms with Crippen molar-refractivity contribution in [2.24, 2.45) is 11.1 Å². The largest absolute Gasteiger partial charge is 0.394 e. The summed E-state index contributed by atoms with van der Waals surface area (Å²) < 4.78 is 16.0. The van der Waals surface area contributed by atoms with Crippen LogP contribution in [0.5, 0.6) is 0 Å². The predicted octanol–water partition coefficient (Wildman–Crippen LogP) is 0.528. The smallest absolute Gasteiger partial charge is 0.273 e. The van der Waals surface area contributed by atoms with E-state index in [9.17, 15) is 19.1 Å². The molecule has 10 heteroatoms. The molecule has 9 nitrogen and oxygen atoms in total. The van der Waals surface area contributed by atoms with Gasteiger partial charge in [-0.25, -0.2) is 4.39 Å². The van der Waals surface area contributed by atoms with Crippen LogP contribution in [0.15, 0.2) is 18.2 Å². The zero-order valence-corrected chi connectivity index (χ0v) is 18.2. The van der Waals surface area contributed by atoms with Gasteiger partial charge in [0, 0.05) is 18.5 Å². The molecule has 172 valence electrons. The minimum atomic E-state index is -1.10. The number of carbonyl (C=O) groups excluding carboxylic acids is 2. The Bertz CT molecular complexity index is 909. The second-order valence-electron chi connectivity index (χ2n) is 8.56. The van der Waals surface area contributed by atoms with Crippen molar-refractivity contribution in [2.75, 3.05) is 19.7 Å². The first-order valence-corrected chi connectivity index (χ1v) is 10.3. The molecule has 2 rings (SSSR count). The quantitative estimate of drug-likeness (QED) is 0.343. The number of halogens is 1. The van der Waals surface area contributed by atoms with Crippen LogP contribution in [-0.2, 0) is 11.3 Å². The Hall–Kier alpha value is -2.56. The highest BCUT2D eigenvalue weighted by molar-refractivity contribution is 6.06. The summed E-state index contributed by atoms with van der Waals surface area (Å²) in [5.74, 6) is -1.60. The van der Waals surface area contributed by atoms with E-state index in [4.69, 9.17) is 10.8 Å². The topological polar surface area (TPSA) is 142 Å². The fourth-order valence-electron chi connectivity index (χ4n) is 3.19. The predicted molar refractivity (Wildman–Crippen MR) is 115 cm³/mol. The summed E-state index contributed by atoms with van der Waals surface area (Å²) >= 11 is 0. The summed E-state index contributed by atoms with van der Waals surface area (Å²) in [6.45, 7) is 5.61. The third-order valence-electron chi connectivity index (χ3n) is 4.89. The van der Waals surface area contributed by atoms with Crippen molar-refractivity contribution < 1.29 is 24.2 Å². The Morgan fingerprint density at radius 1 is 1.29 bits per heavy atom. The Balaban J connectivity index is 2.31. The van der Waals surface area contributed by atoms with Gasteiger partial charge in [-0.3, -0.25) is 14.3 Å². The average molecular weight is 438 g/mol. The first kappa shape index (κ1) is 24.7. The Morgan fingerprint density at radius 3 is 2.61 bits per heavy atom. The van der Waals surface area contributed by atoms with Crippen molar-refractivity contribution in [3.63, 3.8) is 0 Å². The molecule has 2 amide bonds. The van der Waals surface area contributed by atoms with E-state index in [1.54, 1.807) is 26.8 Å². The van der Waals surface area contributed by atoms with E-state index in [2.05, 4.69) is 15.7 Å². The molecule has 2 atom stereocenters. The summed E-state index contributed by atoms with van der Waals surface area (Å²) in [4.78, 5) is 25.7. The molecule has 0 fully saturated rings. The van der Waals surface area contributed by atoms with Gasteiger partial charge in [-0.05, 0) is 30.9 Å². The van der Waals surface area contributed by atoms with Gasteiger partial charge in [-0.15, -0.1) is 0 Å². The molecule has 0 aliphatic carbocycles. The second-order valence-corrected chi connectivity index (χ2v) is 8.56. The maximum absolute atomic E-state index is 14.5. The molecule has 1 aromatic heterocycles. The van der Waals surface area contributed by atoms with Gasteiger partial charge in [0.25, 0.3) is 5.91 Å². The first-order valence-electron chi connectivity index (χ1n) is 10.3. The van der Waals surface area contributed by atoms with E-state index < -0.39 is 41.8 Å². The van der Waals surface area contributed by atoms with E-state index in [-0.39, 0.29) is 17.8 Å². The normalized spacial score (nSPS) is 13.8. The third kappa shape index (κ3) is 6.22. The number of nitrogens with two attached hydrogens (primary N) is 1. The van der Waals surface area contributed by atoms with E-state index in [1.807, 2.05) is 0 Å². The van der Waals surface area contributed by atoms with Crippen molar-refractivity contribution in [3.05, 3.63) is 29.7 Å². The van der Waals surface area contributed by atoms with Crippen molar-refractivity contribution in [2.45, 2.75) is 52.3 Å². The average Bonchev–Trinajstić information content (AvgIpc) is 3.09. The molecule has 1 aromatic carbocycles. The lowest BCUT2D eigenvalue weighted by Gasteiger charge is -2.30. The lowest BCUT2D eigenvalue weighted by Crippen LogP contribution is -2.54. The molecule has 0 saturated carbocycles. The second kappa shape index (κ2) is 10.7. The van der Waals surface area contributed by atoms with Gasteiger partial charge in [0.2, 0.25) is 5.91 Å². The maximum Gasteiger partial charge on any atom is 0.273 e. The van der Waals surface area contributed by atoms with E-state index in [0.717, 1.165) is 6.42 Å². The van der Waals surface area contributed by atoms with Crippen LogP contribution in [0.25, 0.3) is 10.9 Å². The SMILES string of the molecule is CC(C)(C)C(NC(=O)c1nn(CCCCN)c2c(F)cccc12)C(=O)NC[C@@H](O)CO. The number of unbranched alkanes of at least 4 members (excludes halogenated alkanes) is 1. The molecule has 0 bridgehead atoms. The molecular formula is C21H32FN5O4. The van der Waals surface area contributed by atoms with Gasteiger partial charge in [0.1, 0.15) is 17.4 Å². The standard InChI is InChI=1S/C21H32FN5O4/c1-21(2,3)18(20(31)24-11-13(29)12-28)25-19(30)16-14-7-6-8-15(22)17(14)27(26-16)10-5-4-9-23/h6-8,13,18,28-29H,4-5,9-12,23H2,1-3H3,(H,24,31)(H,25,30)/t13-,18?/m1/s1. The molecule has 2 aromatic rings. The van der Waals surface area contributed by atoms with Crippen molar-refractivity contribution in [1.82, 2.24) is 20.4 Å². The summed E-state index contributed by atoms with van der Waals surface area (Å²) in [6.07, 6.45) is 0.322. The van der Waals surface area contributed by atoms with E-state index >= 15 is 0 Å². The number of aryl methyl sites for hydroxylation is 1. The highest BCUT2D eigenvalue weighted by atomic mass is 19.1. The van der Waals surface area contributed by atoms with Crippen LogP contribution in [0.1, 0.15) is 44.1 Å². The molecule has 6 N–H and O–H groups in total. The van der Waals surface area contributed by atoms with Crippen LogP contribution in [0.3, 0.4) is 0 Å². The van der Waals surface area contributed by atoms with Crippen molar-refractivity contribution >= 4 is 22.7 Å².